The number of nitrogens with one attached hydrogen (secondary N) is 2. The maximum atomic E-state index is 12.9. The Hall–Kier alpha value is -3.90. The molecule has 1 unspecified atom stereocenters. The molecule has 2 bridgehead atoms. The SMILES string of the molecule is O=C(NCc1cccnc1)c1ccc2c(c1)NC(=NCc1ccccc1)C1=CC(C=CC=C1)S2. The Kier molecular flexibility index (Phi) is 6.68. The number of amides is 1. The van der Waals surface area contributed by atoms with Crippen LogP contribution < -0.4 is 10.6 Å². The number of carbonyl (C=O) groups is 1. The molecule has 0 saturated carbocycles. The van der Waals surface area contributed by atoms with Crippen molar-refractivity contribution in [2.24, 2.45) is 4.99 Å². The van der Waals surface area contributed by atoms with E-state index in [1.54, 1.807) is 24.2 Å². The lowest BCUT2D eigenvalue weighted by Gasteiger charge is -2.21. The number of rotatable bonds is 5. The summed E-state index contributed by atoms with van der Waals surface area (Å²) in [6.07, 6.45) is 14.1. The Labute approximate surface area is 203 Å². The van der Waals surface area contributed by atoms with Crippen LogP contribution in [0.25, 0.3) is 0 Å². The molecule has 5 nitrogen and oxygen atoms in total. The average Bonchev–Trinajstić information content (AvgIpc) is 3.13. The van der Waals surface area contributed by atoms with Crippen LogP contribution in [0.2, 0.25) is 0 Å². The normalized spacial score (nSPS) is 17.6. The minimum absolute atomic E-state index is 0.125. The second-order valence-electron chi connectivity index (χ2n) is 7.98. The van der Waals surface area contributed by atoms with Crippen molar-refractivity contribution < 1.29 is 4.79 Å². The summed E-state index contributed by atoms with van der Waals surface area (Å²) in [6.45, 7) is 1.00. The Balaban J connectivity index is 1.42. The van der Waals surface area contributed by atoms with Crippen LogP contribution in [-0.2, 0) is 13.1 Å². The lowest BCUT2D eigenvalue weighted by Crippen LogP contribution is -2.23. The summed E-state index contributed by atoms with van der Waals surface area (Å²) in [7, 11) is 0. The van der Waals surface area contributed by atoms with E-state index in [4.69, 9.17) is 4.99 Å². The highest BCUT2D eigenvalue weighted by atomic mass is 32.2. The second-order valence-corrected chi connectivity index (χ2v) is 9.20. The van der Waals surface area contributed by atoms with Gasteiger partial charge in [0.1, 0.15) is 5.84 Å². The number of fused-ring (bicyclic) bond motifs is 2. The van der Waals surface area contributed by atoms with Crippen molar-refractivity contribution in [3.05, 3.63) is 126 Å². The second kappa shape index (κ2) is 10.4. The molecule has 0 fully saturated rings. The molecule has 34 heavy (non-hydrogen) atoms. The third-order valence-electron chi connectivity index (χ3n) is 5.50. The topological polar surface area (TPSA) is 66.4 Å². The van der Waals surface area contributed by atoms with Crippen LogP contribution in [0.3, 0.4) is 0 Å². The quantitative estimate of drug-likeness (QED) is 0.520. The minimum Gasteiger partial charge on any atom is -0.348 e. The van der Waals surface area contributed by atoms with Gasteiger partial charge in [0.2, 0.25) is 0 Å². The number of aliphatic imine (C=N–C) groups is 1. The van der Waals surface area contributed by atoms with Gasteiger partial charge in [-0.1, -0.05) is 66.8 Å². The number of amidine groups is 1. The number of hydrogen-bond acceptors (Lipinski definition) is 4. The molecule has 0 saturated heterocycles. The van der Waals surface area contributed by atoms with Crippen molar-refractivity contribution in [1.82, 2.24) is 10.3 Å². The summed E-state index contributed by atoms with van der Waals surface area (Å²) in [4.78, 5) is 23.0. The fraction of sp³-hybridized carbons (Fsp3) is 0.107. The van der Waals surface area contributed by atoms with Gasteiger partial charge in [-0.25, -0.2) is 0 Å². The zero-order valence-electron chi connectivity index (χ0n) is 18.5. The van der Waals surface area contributed by atoms with E-state index >= 15 is 0 Å². The van der Waals surface area contributed by atoms with Gasteiger partial charge in [0, 0.05) is 40.2 Å². The highest BCUT2D eigenvalue weighted by Gasteiger charge is 2.19. The van der Waals surface area contributed by atoms with Crippen molar-refractivity contribution in [3.63, 3.8) is 0 Å². The molecule has 0 spiro atoms. The largest absolute Gasteiger partial charge is 0.348 e. The van der Waals surface area contributed by atoms with Crippen molar-refractivity contribution in [1.29, 1.82) is 0 Å². The molecule has 2 aromatic carbocycles. The van der Waals surface area contributed by atoms with E-state index in [-0.39, 0.29) is 11.2 Å². The number of benzene rings is 2. The maximum Gasteiger partial charge on any atom is 0.251 e. The number of thioether (sulfide) groups is 1. The summed E-state index contributed by atoms with van der Waals surface area (Å²) in [6, 6.07) is 19.8. The molecule has 2 heterocycles. The minimum atomic E-state index is -0.125. The summed E-state index contributed by atoms with van der Waals surface area (Å²) >= 11 is 1.75. The summed E-state index contributed by atoms with van der Waals surface area (Å²) in [5.41, 5.74) is 4.62. The van der Waals surface area contributed by atoms with Crippen LogP contribution in [0.5, 0.6) is 0 Å². The van der Waals surface area contributed by atoms with Gasteiger partial charge in [-0.15, -0.1) is 11.8 Å². The van der Waals surface area contributed by atoms with Crippen LogP contribution in [0, 0.1) is 0 Å². The Morgan fingerprint density at radius 2 is 1.94 bits per heavy atom. The molecule has 2 N–H and O–H groups in total. The van der Waals surface area contributed by atoms with Gasteiger partial charge >= 0.3 is 0 Å². The fourth-order valence-corrected chi connectivity index (χ4v) is 4.80. The van der Waals surface area contributed by atoms with Crippen molar-refractivity contribution in [2.75, 3.05) is 5.32 Å². The Morgan fingerprint density at radius 1 is 1.06 bits per heavy atom. The Bertz CT molecular complexity index is 1300. The fourth-order valence-electron chi connectivity index (χ4n) is 3.74. The highest BCUT2D eigenvalue weighted by Crippen LogP contribution is 2.36. The number of hydrogen-bond donors (Lipinski definition) is 2. The first kappa shape index (κ1) is 21.9. The van der Waals surface area contributed by atoms with E-state index in [1.807, 2.05) is 54.6 Å². The van der Waals surface area contributed by atoms with Crippen LogP contribution in [-0.4, -0.2) is 22.0 Å². The molecule has 1 aliphatic heterocycles. The van der Waals surface area contributed by atoms with Gasteiger partial charge in [0.15, 0.2) is 0 Å². The lowest BCUT2D eigenvalue weighted by molar-refractivity contribution is 0.0951. The van der Waals surface area contributed by atoms with E-state index in [0.717, 1.165) is 33.1 Å². The first-order chi connectivity index (χ1) is 16.7. The third kappa shape index (κ3) is 5.35. The van der Waals surface area contributed by atoms with E-state index in [0.29, 0.717) is 18.7 Å². The van der Waals surface area contributed by atoms with Crippen LogP contribution in [0.15, 0.2) is 119 Å². The number of carbonyl (C=O) groups excluding carboxylic acids is 1. The molecular weight excluding hydrogens is 440 g/mol. The molecule has 1 amide bonds. The van der Waals surface area contributed by atoms with Crippen molar-refractivity contribution >= 4 is 29.2 Å². The van der Waals surface area contributed by atoms with Crippen LogP contribution in [0.1, 0.15) is 21.5 Å². The predicted octanol–water partition coefficient (Wildman–Crippen LogP) is 5.55. The van der Waals surface area contributed by atoms with Crippen LogP contribution in [0.4, 0.5) is 5.69 Å². The first-order valence-electron chi connectivity index (χ1n) is 11.1. The summed E-state index contributed by atoms with van der Waals surface area (Å²) in [5.74, 6) is 0.669. The van der Waals surface area contributed by atoms with Crippen molar-refractivity contribution in [2.45, 2.75) is 23.2 Å². The summed E-state index contributed by atoms with van der Waals surface area (Å²) < 4.78 is 0. The van der Waals surface area contributed by atoms with Crippen LogP contribution >= 0.6 is 11.8 Å². The smallest absolute Gasteiger partial charge is 0.251 e. The molecule has 6 heteroatoms. The predicted molar refractivity (Wildman–Crippen MR) is 139 cm³/mol. The first-order valence-corrected chi connectivity index (χ1v) is 12.0. The molecule has 1 atom stereocenters. The molecule has 2 aliphatic rings. The number of nitrogens with zero attached hydrogens (tertiary/aromatic N) is 2. The molecule has 1 aliphatic carbocycles. The zero-order chi connectivity index (χ0) is 23.2. The number of pyridine rings is 1. The standard InChI is InChI=1S/C28H24N4OS/c33-28(31-19-21-9-6-14-29-17-21)23-12-13-26-25(16-23)32-27(30-18-20-7-2-1-3-8-20)22-10-4-5-11-24(15-22)34-26/h1-17,24H,18-19H2,(H,30,32)(H,31,33). The van der Waals surface area contributed by atoms with Gasteiger partial charge in [-0.2, -0.15) is 0 Å². The lowest BCUT2D eigenvalue weighted by atomic mass is 10.1. The van der Waals surface area contributed by atoms with E-state index in [9.17, 15) is 4.79 Å². The number of aromatic nitrogens is 1. The zero-order valence-corrected chi connectivity index (χ0v) is 19.3. The van der Waals surface area contributed by atoms with Gasteiger partial charge in [0.25, 0.3) is 5.91 Å². The average molecular weight is 465 g/mol. The highest BCUT2D eigenvalue weighted by molar-refractivity contribution is 8.00. The number of allylic oxidation sites excluding steroid dienone is 2. The van der Waals surface area contributed by atoms with E-state index in [2.05, 4.69) is 52.1 Å². The van der Waals surface area contributed by atoms with Gasteiger partial charge in [0.05, 0.1) is 12.2 Å². The Morgan fingerprint density at radius 3 is 2.79 bits per heavy atom. The number of anilines is 1. The molecule has 0 radical (unpaired) electrons. The van der Waals surface area contributed by atoms with E-state index < -0.39 is 0 Å². The molecule has 1 aromatic heterocycles. The van der Waals surface area contributed by atoms with Crippen molar-refractivity contribution in [3.8, 4) is 0 Å². The summed E-state index contributed by atoms with van der Waals surface area (Å²) in [5, 5.41) is 6.67. The third-order valence-corrected chi connectivity index (χ3v) is 6.68. The van der Waals surface area contributed by atoms with Gasteiger partial charge in [-0.3, -0.25) is 14.8 Å². The molecule has 168 valence electrons. The molecule has 5 rings (SSSR count). The van der Waals surface area contributed by atoms with E-state index in [1.165, 1.54) is 0 Å². The maximum absolute atomic E-state index is 12.9. The molecule has 3 aromatic rings. The van der Waals surface area contributed by atoms with Gasteiger partial charge in [-0.05, 0) is 35.4 Å². The molecular formula is C28H24N4OS. The monoisotopic (exact) mass is 464 g/mol. The van der Waals surface area contributed by atoms with Gasteiger partial charge < -0.3 is 10.6 Å².